The highest BCUT2D eigenvalue weighted by atomic mass is 32.1. The van der Waals surface area contributed by atoms with E-state index in [1.807, 2.05) is 30.5 Å². The summed E-state index contributed by atoms with van der Waals surface area (Å²) in [6.07, 6.45) is 4.09. The molecule has 4 rings (SSSR count). The Morgan fingerprint density at radius 1 is 1.12 bits per heavy atom. The second-order valence-electron chi connectivity index (χ2n) is 6.15. The van der Waals surface area contributed by atoms with Gasteiger partial charge in [-0.1, -0.05) is 47.7 Å². The first kappa shape index (κ1) is 15.1. The van der Waals surface area contributed by atoms with Gasteiger partial charge in [0.15, 0.2) is 0 Å². The quantitative estimate of drug-likeness (QED) is 0.791. The number of nitrogens with two attached hydrogens (primary N) is 1. The summed E-state index contributed by atoms with van der Waals surface area (Å²) in [5, 5.41) is 10.7. The number of nitrogens with zero attached hydrogens (tertiary/aromatic N) is 4. The predicted octanol–water partition coefficient (Wildman–Crippen LogP) is 3.25. The highest BCUT2D eigenvalue weighted by Crippen LogP contribution is 2.32. The Hall–Kier alpha value is -2.47. The van der Waals surface area contributed by atoms with Crippen molar-refractivity contribution in [2.24, 2.45) is 5.92 Å². The summed E-state index contributed by atoms with van der Waals surface area (Å²) in [4.78, 5) is 6.53. The summed E-state index contributed by atoms with van der Waals surface area (Å²) in [6.45, 7) is 2.06. The first-order chi connectivity index (χ1) is 11.8. The molecule has 24 heavy (non-hydrogen) atoms. The SMILES string of the molecule is Nc1ccc(CC2CCN(c3nnc(-c4ccccc4)s3)C2)cn1. The standard InChI is InChI=1S/C18H19N5S/c19-16-7-6-13(11-20-16)10-14-8-9-23(12-14)18-22-21-17(24-18)15-4-2-1-3-5-15/h1-7,11,14H,8-10,12H2,(H2,19,20). The van der Waals surface area contributed by atoms with Gasteiger partial charge in [0, 0.05) is 24.8 Å². The Balaban J connectivity index is 1.42. The van der Waals surface area contributed by atoms with E-state index < -0.39 is 0 Å². The van der Waals surface area contributed by atoms with Gasteiger partial charge in [-0.25, -0.2) is 4.98 Å². The largest absolute Gasteiger partial charge is 0.384 e. The van der Waals surface area contributed by atoms with Crippen LogP contribution in [0.15, 0.2) is 48.7 Å². The minimum Gasteiger partial charge on any atom is -0.384 e. The molecule has 0 spiro atoms. The van der Waals surface area contributed by atoms with E-state index in [4.69, 9.17) is 5.73 Å². The van der Waals surface area contributed by atoms with E-state index in [1.165, 1.54) is 12.0 Å². The topological polar surface area (TPSA) is 67.9 Å². The van der Waals surface area contributed by atoms with Crippen molar-refractivity contribution in [2.45, 2.75) is 12.8 Å². The molecule has 0 aliphatic carbocycles. The molecule has 3 heterocycles. The molecule has 2 N–H and O–H groups in total. The zero-order valence-electron chi connectivity index (χ0n) is 13.3. The van der Waals surface area contributed by atoms with E-state index in [0.29, 0.717) is 11.7 Å². The Labute approximate surface area is 145 Å². The van der Waals surface area contributed by atoms with Crippen LogP contribution in [0.5, 0.6) is 0 Å². The van der Waals surface area contributed by atoms with Crippen molar-refractivity contribution in [1.82, 2.24) is 15.2 Å². The molecule has 1 fully saturated rings. The number of hydrogen-bond acceptors (Lipinski definition) is 6. The van der Waals surface area contributed by atoms with Gasteiger partial charge in [-0.05, 0) is 30.4 Å². The molecule has 0 amide bonds. The molecule has 0 bridgehead atoms. The number of benzene rings is 1. The zero-order valence-corrected chi connectivity index (χ0v) is 14.1. The number of aromatic nitrogens is 3. The van der Waals surface area contributed by atoms with E-state index in [9.17, 15) is 0 Å². The summed E-state index contributed by atoms with van der Waals surface area (Å²) >= 11 is 1.67. The molecule has 5 nitrogen and oxygen atoms in total. The van der Waals surface area contributed by atoms with Crippen LogP contribution in [-0.2, 0) is 6.42 Å². The number of nitrogen functional groups attached to an aromatic ring is 1. The van der Waals surface area contributed by atoms with E-state index in [-0.39, 0.29) is 0 Å². The van der Waals surface area contributed by atoms with Crippen molar-refractivity contribution in [3.63, 3.8) is 0 Å². The van der Waals surface area contributed by atoms with E-state index in [0.717, 1.165) is 35.2 Å². The third-order valence-corrected chi connectivity index (χ3v) is 5.40. The van der Waals surface area contributed by atoms with Crippen LogP contribution in [0.1, 0.15) is 12.0 Å². The molecule has 1 aliphatic heterocycles. The molecule has 2 aromatic heterocycles. The molecule has 1 unspecified atom stereocenters. The number of hydrogen-bond donors (Lipinski definition) is 1. The number of rotatable bonds is 4. The maximum absolute atomic E-state index is 5.65. The molecular formula is C18H19N5S. The first-order valence-electron chi connectivity index (χ1n) is 8.12. The Bertz CT molecular complexity index is 800. The van der Waals surface area contributed by atoms with E-state index >= 15 is 0 Å². The van der Waals surface area contributed by atoms with Crippen LogP contribution in [0.3, 0.4) is 0 Å². The van der Waals surface area contributed by atoms with Gasteiger partial charge in [0.25, 0.3) is 0 Å². The van der Waals surface area contributed by atoms with Crippen molar-refractivity contribution < 1.29 is 0 Å². The van der Waals surface area contributed by atoms with Crippen molar-refractivity contribution in [1.29, 1.82) is 0 Å². The molecular weight excluding hydrogens is 318 g/mol. The second-order valence-corrected chi connectivity index (χ2v) is 7.11. The van der Waals surface area contributed by atoms with Gasteiger partial charge in [-0.3, -0.25) is 0 Å². The number of anilines is 2. The predicted molar refractivity (Wildman–Crippen MR) is 98.0 cm³/mol. The van der Waals surface area contributed by atoms with E-state index in [1.54, 1.807) is 11.3 Å². The average molecular weight is 337 g/mol. The van der Waals surface area contributed by atoms with Gasteiger partial charge in [-0.2, -0.15) is 0 Å². The third-order valence-electron chi connectivity index (χ3n) is 4.36. The Kier molecular flexibility index (Phi) is 4.13. The van der Waals surface area contributed by atoms with Gasteiger partial charge >= 0.3 is 0 Å². The van der Waals surface area contributed by atoms with Gasteiger partial charge in [0.05, 0.1) is 0 Å². The highest BCUT2D eigenvalue weighted by molar-refractivity contribution is 7.18. The van der Waals surface area contributed by atoms with Crippen molar-refractivity contribution >= 4 is 22.3 Å². The highest BCUT2D eigenvalue weighted by Gasteiger charge is 2.25. The smallest absolute Gasteiger partial charge is 0.208 e. The van der Waals surface area contributed by atoms with Crippen LogP contribution >= 0.6 is 11.3 Å². The van der Waals surface area contributed by atoms with Crippen LogP contribution in [0.25, 0.3) is 10.6 Å². The molecule has 1 atom stereocenters. The Morgan fingerprint density at radius 2 is 2.00 bits per heavy atom. The summed E-state index contributed by atoms with van der Waals surface area (Å²) < 4.78 is 0. The minimum absolute atomic E-state index is 0.578. The zero-order chi connectivity index (χ0) is 16.4. The average Bonchev–Trinajstić information content (AvgIpc) is 3.27. The fourth-order valence-corrected chi connectivity index (χ4v) is 3.99. The van der Waals surface area contributed by atoms with Gasteiger partial charge < -0.3 is 10.6 Å². The Morgan fingerprint density at radius 3 is 2.79 bits per heavy atom. The lowest BCUT2D eigenvalue weighted by atomic mass is 10.00. The molecule has 1 saturated heterocycles. The molecule has 0 radical (unpaired) electrons. The molecule has 1 aliphatic rings. The normalized spacial score (nSPS) is 17.3. The van der Waals surface area contributed by atoms with Crippen molar-refractivity contribution in [3.8, 4) is 10.6 Å². The van der Waals surface area contributed by atoms with Crippen LogP contribution in [0, 0.1) is 5.92 Å². The maximum Gasteiger partial charge on any atom is 0.208 e. The molecule has 3 aromatic rings. The summed E-state index contributed by atoms with van der Waals surface area (Å²) in [6, 6.07) is 14.2. The fraction of sp³-hybridized carbons (Fsp3) is 0.278. The van der Waals surface area contributed by atoms with Gasteiger partial charge in [-0.15, -0.1) is 10.2 Å². The van der Waals surface area contributed by atoms with Crippen LogP contribution in [0.2, 0.25) is 0 Å². The van der Waals surface area contributed by atoms with Crippen LogP contribution in [0.4, 0.5) is 10.9 Å². The lowest BCUT2D eigenvalue weighted by Crippen LogP contribution is -2.20. The van der Waals surface area contributed by atoms with Crippen molar-refractivity contribution in [3.05, 3.63) is 54.2 Å². The minimum atomic E-state index is 0.578. The monoisotopic (exact) mass is 337 g/mol. The lowest BCUT2D eigenvalue weighted by Gasteiger charge is -2.14. The second kappa shape index (κ2) is 6.57. The summed E-state index contributed by atoms with van der Waals surface area (Å²) in [5.41, 5.74) is 8.03. The van der Waals surface area contributed by atoms with E-state index in [2.05, 4.69) is 38.3 Å². The van der Waals surface area contributed by atoms with Crippen molar-refractivity contribution in [2.75, 3.05) is 23.7 Å². The molecule has 0 saturated carbocycles. The summed E-state index contributed by atoms with van der Waals surface area (Å²) in [7, 11) is 0. The van der Waals surface area contributed by atoms with Crippen LogP contribution in [-0.4, -0.2) is 28.3 Å². The van der Waals surface area contributed by atoms with Crippen LogP contribution < -0.4 is 10.6 Å². The summed E-state index contributed by atoms with van der Waals surface area (Å²) in [5.74, 6) is 1.20. The first-order valence-corrected chi connectivity index (χ1v) is 8.94. The number of pyridine rings is 1. The fourth-order valence-electron chi connectivity index (χ4n) is 3.10. The molecule has 6 heteroatoms. The van der Waals surface area contributed by atoms with Gasteiger partial charge in [0.2, 0.25) is 5.13 Å². The molecule has 1 aromatic carbocycles. The molecule has 122 valence electrons. The maximum atomic E-state index is 5.65. The van der Waals surface area contributed by atoms with Gasteiger partial charge in [0.1, 0.15) is 10.8 Å². The third kappa shape index (κ3) is 3.23. The lowest BCUT2D eigenvalue weighted by molar-refractivity contribution is 0.585.